The van der Waals surface area contributed by atoms with Gasteiger partial charge in [0.15, 0.2) is 0 Å². The molecule has 0 unspecified atom stereocenters. The Kier molecular flexibility index (Phi) is 4.08. The van der Waals surface area contributed by atoms with E-state index in [2.05, 4.69) is 0 Å². The SMILES string of the molecule is CC(C)Oc1cc(CCl)ccc1C(F)(F)F. The summed E-state index contributed by atoms with van der Waals surface area (Å²) >= 11 is 5.57. The minimum atomic E-state index is -4.41. The molecule has 1 nitrogen and oxygen atoms in total. The van der Waals surface area contributed by atoms with Crippen LogP contribution in [0.25, 0.3) is 0 Å². The number of halogens is 4. The molecule has 0 atom stereocenters. The zero-order valence-electron chi connectivity index (χ0n) is 8.94. The van der Waals surface area contributed by atoms with Crippen LogP contribution in [0.3, 0.4) is 0 Å². The summed E-state index contributed by atoms with van der Waals surface area (Å²) in [5.74, 6) is -0.00675. The summed E-state index contributed by atoms with van der Waals surface area (Å²) in [6.45, 7) is 3.35. The van der Waals surface area contributed by atoms with Gasteiger partial charge in [-0.1, -0.05) is 6.07 Å². The van der Waals surface area contributed by atoms with E-state index in [0.29, 0.717) is 5.56 Å². The minimum absolute atomic E-state index is 0.159. The molecule has 1 aromatic rings. The molecule has 0 fully saturated rings. The molecule has 0 aliphatic carbocycles. The summed E-state index contributed by atoms with van der Waals surface area (Å²) in [7, 11) is 0. The Balaban J connectivity index is 3.16. The quantitative estimate of drug-likeness (QED) is 0.732. The van der Waals surface area contributed by atoms with E-state index in [1.165, 1.54) is 12.1 Å². The molecule has 0 aromatic heterocycles. The first-order valence-electron chi connectivity index (χ1n) is 4.77. The normalized spacial score (nSPS) is 11.9. The van der Waals surface area contributed by atoms with E-state index in [1.807, 2.05) is 0 Å². The van der Waals surface area contributed by atoms with E-state index in [-0.39, 0.29) is 17.7 Å². The summed E-state index contributed by atoms with van der Waals surface area (Å²) < 4.78 is 43.0. The molecule has 1 aromatic carbocycles. The van der Waals surface area contributed by atoms with E-state index in [4.69, 9.17) is 16.3 Å². The predicted octanol–water partition coefficient (Wildman–Crippen LogP) is 4.23. The molecule has 5 heteroatoms. The van der Waals surface area contributed by atoms with Gasteiger partial charge in [0.1, 0.15) is 5.75 Å². The van der Waals surface area contributed by atoms with E-state index < -0.39 is 11.7 Å². The van der Waals surface area contributed by atoms with Gasteiger partial charge in [0, 0.05) is 5.88 Å². The number of alkyl halides is 4. The highest BCUT2D eigenvalue weighted by molar-refractivity contribution is 6.17. The molecule has 0 spiro atoms. The van der Waals surface area contributed by atoms with Crippen molar-refractivity contribution in [2.75, 3.05) is 0 Å². The van der Waals surface area contributed by atoms with Gasteiger partial charge in [-0.05, 0) is 31.5 Å². The molecule has 0 amide bonds. The van der Waals surface area contributed by atoms with Gasteiger partial charge in [-0.3, -0.25) is 0 Å². The maximum Gasteiger partial charge on any atom is 0.419 e. The Bertz CT molecular complexity index is 361. The van der Waals surface area contributed by atoms with E-state index in [0.717, 1.165) is 6.07 Å². The Hall–Kier alpha value is -0.900. The summed E-state index contributed by atoms with van der Waals surface area (Å²) in [5, 5.41) is 0. The smallest absolute Gasteiger partial charge is 0.419 e. The molecule has 0 radical (unpaired) electrons. The third-order valence-electron chi connectivity index (χ3n) is 1.87. The first kappa shape index (κ1) is 13.2. The zero-order valence-corrected chi connectivity index (χ0v) is 9.69. The Morgan fingerprint density at radius 2 is 1.94 bits per heavy atom. The second kappa shape index (κ2) is 4.95. The first-order chi connectivity index (χ1) is 7.34. The molecular weight excluding hydrogens is 241 g/mol. The molecule has 0 N–H and O–H groups in total. The number of ether oxygens (including phenoxy) is 1. The third-order valence-corrected chi connectivity index (χ3v) is 2.18. The van der Waals surface area contributed by atoms with Crippen molar-refractivity contribution >= 4 is 11.6 Å². The minimum Gasteiger partial charge on any atom is -0.490 e. The van der Waals surface area contributed by atoms with Gasteiger partial charge in [0.25, 0.3) is 0 Å². The van der Waals surface area contributed by atoms with Gasteiger partial charge < -0.3 is 4.74 Å². The topological polar surface area (TPSA) is 9.23 Å². The highest BCUT2D eigenvalue weighted by atomic mass is 35.5. The Morgan fingerprint density at radius 1 is 1.31 bits per heavy atom. The molecule has 0 heterocycles. The van der Waals surface area contributed by atoms with Crippen LogP contribution in [-0.4, -0.2) is 6.10 Å². The maximum atomic E-state index is 12.6. The van der Waals surface area contributed by atoms with Gasteiger partial charge >= 0.3 is 6.18 Å². The fraction of sp³-hybridized carbons (Fsp3) is 0.455. The molecule has 0 aliphatic heterocycles. The first-order valence-corrected chi connectivity index (χ1v) is 5.30. The van der Waals surface area contributed by atoms with Crippen LogP contribution < -0.4 is 4.74 Å². The van der Waals surface area contributed by atoms with E-state index in [9.17, 15) is 13.2 Å². The van der Waals surface area contributed by atoms with Crippen LogP contribution in [0.1, 0.15) is 25.0 Å². The number of benzene rings is 1. The van der Waals surface area contributed by atoms with Gasteiger partial charge in [0.05, 0.1) is 11.7 Å². The van der Waals surface area contributed by atoms with Crippen molar-refractivity contribution in [2.45, 2.75) is 32.0 Å². The average Bonchev–Trinajstić information content (AvgIpc) is 2.14. The van der Waals surface area contributed by atoms with Crippen LogP contribution in [0, 0.1) is 0 Å². The summed E-state index contributed by atoms with van der Waals surface area (Å²) in [4.78, 5) is 0. The third kappa shape index (κ3) is 3.30. The fourth-order valence-electron chi connectivity index (χ4n) is 1.24. The fourth-order valence-corrected chi connectivity index (χ4v) is 1.40. The van der Waals surface area contributed by atoms with Crippen molar-refractivity contribution in [1.82, 2.24) is 0 Å². The van der Waals surface area contributed by atoms with Gasteiger partial charge in [-0.2, -0.15) is 13.2 Å². The Labute approximate surface area is 97.2 Å². The van der Waals surface area contributed by atoms with Crippen LogP contribution in [0.5, 0.6) is 5.75 Å². The van der Waals surface area contributed by atoms with Crippen LogP contribution in [0.15, 0.2) is 18.2 Å². The molecule has 16 heavy (non-hydrogen) atoms. The van der Waals surface area contributed by atoms with Gasteiger partial charge in [-0.15, -0.1) is 11.6 Å². The van der Waals surface area contributed by atoms with Crippen LogP contribution in [0.2, 0.25) is 0 Å². The molecule has 1 rings (SSSR count). The summed E-state index contributed by atoms with van der Waals surface area (Å²) in [6, 6.07) is 3.67. The summed E-state index contributed by atoms with van der Waals surface area (Å²) in [5.41, 5.74) is -0.166. The van der Waals surface area contributed by atoms with Crippen molar-refractivity contribution < 1.29 is 17.9 Å². The summed E-state index contributed by atoms with van der Waals surface area (Å²) in [6.07, 6.45) is -4.72. The lowest BCUT2D eigenvalue weighted by molar-refractivity contribution is -0.139. The molecule has 0 saturated carbocycles. The second-order valence-electron chi connectivity index (χ2n) is 3.63. The molecule has 90 valence electrons. The lowest BCUT2D eigenvalue weighted by Crippen LogP contribution is -2.13. The van der Waals surface area contributed by atoms with Gasteiger partial charge in [0.2, 0.25) is 0 Å². The maximum absolute atomic E-state index is 12.6. The zero-order chi connectivity index (χ0) is 12.3. The van der Waals surface area contributed by atoms with Crippen molar-refractivity contribution in [2.24, 2.45) is 0 Å². The molecule has 0 saturated heterocycles. The highest BCUT2D eigenvalue weighted by Crippen LogP contribution is 2.37. The lowest BCUT2D eigenvalue weighted by Gasteiger charge is -2.16. The van der Waals surface area contributed by atoms with Crippen molar-refractivity contribution in [3.63, 3.8) is 0 Å². The largest absolute Gasteiger partial charge is 0.490 e. The number of hydrogen-bond donors (Lipinski definition) is 0. The average molecular weight is 253 g/mol. The Morgan fingerprint density at radius 3 is 2.38 bits per heavy atom. The molecule has 0 bridgehead atoms. The van der Waals surface area contributed by atoms with Crippen LogP contribution in [0.4, 0.5) is 13.2 Å². The second-order valence-corrected chi connectivity index (χ2v) is 3.90. The van der Waals surface area contributed by atoms with Crippen molar-refractivity contribution in [3.8, 4) is 5.75 Å². The van der Waals surface area contributed by atoms with Crippen molar-refractivity contribution in [3.05, 3.63) is 29.3 Å². The van der Waals surface area contributed by atoms with Gasteiger partial charge in [-0.25, -0.2) is 0 Å². The van der Waals surface area contributed by atoms with Crippen LogP contribution >= 0.6 is 11.6 Å². The van der Waals surface area contributed by atoms with E-state index >= 15 is 0 Å². The van der Waals surface area contributed by atoms with Crippen molar-refractivity contribution in [1.29, 1.82) is 0 Å². The molecule has 0 aliphatic rings. The number of hydrogen-bond acceptors (Lipinski definition) is 1. The highest BCUT2D eigenvalue weighted by Gasteiger charge is 2.34. The standard InChI is InChI=1S/C11H12ClF3O/c1-7(2)16-10-5-8(6-12)3-4-9(10)11(13,14)15/h3-5,7H,6H2,1-2H3. The predicted molar refractivity (Wildman–Crippen MR) is 56.8 cm³/mol. The van der Waals surface area contributed by atoms with E-state index in [1.54, 1.807) is 13.8 Å². The number of rotatable bonds is 3. The van der Waals surface area contributed by atoms with Crippen LogP contribution in [-0.2, 0) is 12.1 Å². The lowest BCUT2D eigenvalue weighted by atomic mass is 10.1. The monoisotopic (exact) mass is 252 g/mol. The molecular formula is C11H12ClF3O.